The molecule has 110 valence electrons. The van der Waals surface area contributed by atoms with Crippen LogP contribution >= 0.6 is 11.6 Å². The molecule has 1 N–H and O–H groups in total. The summed E-state index contributed by atoms with van der Waals surface area (Å²) in [6.45, 7) is 0. The molecule has 0 aliphatic carbocycles. The van der Waals surface area contributed by atoms with Crippen LogP contribution in [0.2, 0.25) is 5.02 Å². The molecule has 0 fully saturated rings. The fourth-order valence-corrected chi connectivity index (χ4v) is 2.47. The Morgan fingerprint density at radius 3 is 2.55 bits per heavy atom. The lowest BCUT2D eigenvalue weighted by atomic mass is 10.1. The van der Waals surface area contributed by atoms with Crippen molar-refractivity contribution >= 4 is 34.0 Å². The quantitative estimate of drug-likeness (QED) is 0.738. The van der Waals surface area contributed by atoms with Crippen molar-refractivity contribution in [3.05, 3.63) is 77.1 Å². The van der Waals surface area contributed by atoms with Crippen LogP contribution in [0.4, 0.5) is 10.1 Å². The van der Waals surface area contributed by atoms with Gasteiger partial charge in [0.25, 0.3) is 0 Å². The maximum Gasteiger partial charge on any atom is 0.228 e. The molecule has 3 aromatic carbocycles. The zero-order valence-electron chi connectivity index (χ0n) is 11.6. The highest BCUT2D eigenvalue weighted by Crippen LogP contribution is 2.20. The number of anilines is 1. The van der Waals surface area contributed by atoms with Crippen molar-refractivity contribution in [3.8, 4) is 0 Å². The topological polar surface area (TPSA) is 29.1 Å². The molecule has 3 rings (SSSR count). The fourth-order valence-electron chi connectivity index (χ4n) is 2.31. The van der Waals surface area contributed by atoms with Crippen molar-refractivity contribution in [2.24, 2.45) is 0 Å². The van der Waals surface area contributed by atoms with E-state index < -0.39 is 5.82 Å². The summed E-state index contributed by atoms with van der Waals surface area (Å²) >= 11 is 5.70. The minimum atomic E-state index is -0.471. The number of amides is 1. The van der Waals surface area contributed by atoms with E-state index in [9.17, 15) is 9.18 Å². The first-order valence-electron chi connectivity index (χ1n) is 6.84. The predicted molar refractivity (Wildman–Crippen MR) is 87.7 cm³/mol. The lowest BCUT2D eigenvalue weighted by molar-refractivity contribution is -0.115. The normalized spacial score (nSPS) is 10.6. The summed E-state index contributed by atoms with van der Waals surface area (Å²) in [5, 5.41) is 5.24. The Morgan fingerprint density at radius 2 is 1.77 bits per heavy atom. The number of hydrogen-bond donors (Lipinski definition) is 1. The Kier molecular flexibility index (Phi) is 4.07. The van der Waals surface area contributed by atoms with E-state index in [0.717, 1.165) is 10.8 Å². The molecule has 1 amide bonds. The van der Waals surface area contributed by atoms with E-state index in [1.165, 1.54) is 12.1 Å². The second-order valence-corrected chi connectivity index (χ2v) is 5.46. The summed E-state index contributed by atoms with van der Waals surface area (Å²) in [6.07, 6.45) is -0.0319. The fraction of sp³-hybridized carbons (Fsp3) is 0.0556. The van der Waals surface area contributed by atoms with E-state index in [1.54, 1.807) is 6.07 Å². The van der Waals surface area contributed by atoms with Gasteiger partial charge >= 0.3 is 0 Å². The molecule has 0 heterocycles. The number of carbonyl (C=O) groups is 1. The Balaban J connectivity index is 1.75. The number of fused-ring (bicyclic) bond motifs is 1. The van der Waals surface area contributed by atoms with Crippen LogP contribution in [-0.4, -0.2) is 5.91 Å². The first kappa shape index (κ1) is 14.5. The number of benzene rings is 3. The van der Waals surface area contributed by atoms with Crippen molar-refractivity contribution in [1.29, 1.82) is 0 Å². The summed E-state index contributed by atoms with van der Waals surface area (Å²) < 4.78 is 13.7. The van der Waals surface area contributed by atoms with Gasteiger partial charge < -0.3 is 5.32 Å². The van der Waals surface area contributed by atoms with Crippen LogP contribution in [0.15, 0.2) is 60.7 Å². The molecule has 0 aromatic heterocycles. The zero-order valence-corrected chi connectivity index (χ0v) is 12.4. The molecule has 0 aliphatic heterocycles. The van der Waals surface area contributed by atoms with Gasteiger partial charge in [0.15, 0.2) is 0 Å². The van der Waals surface area contributed by atoms with Gasteiger partial charge in [-0.3, -0.25) is 4.79 Å². The zero-order chi connectivity index (χ0) is 15.5. The molecule has 2 nitrogen and oxygen atoms in total. The third-order valence-corrected chi connectivity index (χ3v) is 3.63. The van der Waals surface area contributed by atoms with Gasteiger partial charge in [0.1, 0.15) is 5.82 Å². The second-order valence-electron chi connectivity index (χ2n) is 5.02. The molecule has 0 atom stereocenters. The lowest BCUT2D eigenvalue weighted by Gasteiger charge is -2.07. The van der Waals surface area contributed by atoms with Gasteiger partial charge in [-0.1, -0.05) is 48.0 Å². The van der Waals surface area contributed by atoms with E-state index in [4.69, 9.17) is 11.6 Å². The van der Waals surface area contributed by atoms with Crippen LogP contribution in [-0.2, 0) is 11.2 Å². The molecule has 0 bridgehead atoms. The Morgan fingerprint density at radius 1 is 1.00 bits per heavy atom. The van der Waals surface area contributed by atoms with E-state index in [2.05, 4.69) is 5.32 Å². The summed E-state index contributed by atoms with van der Waals surface area (Å²) in [7, 11) is 0. The van der Waals surface area contributed by atoms with Crippen LogP contribution in [0.25, 0.3) is 10.8 Å². The molecular weight excluding hydrogens is 301 g/mol. The van der Waals surface area contributed by atoms with E-state index >= 15 is 0 Å². The average Bonchev–Trinajstić information content (AvgIpc) is 2.50. The average molecular weight is 314 g/mol. The van der Waals surface area contributed by atoms with Crippen molar-refractivity contribution < 1.29 is 9.18 Å². The molecule has 4 heteroatoms. The molecule has 0 aliphatic rings. The van der Waals surface area contributed by atoms with Gasteiger partial charge in [0.05, 0.1) is 6.42 Å². The molecule has 0 radical (unpaired) electrons. The SMILES string of the molecule is O=C(Cc1ccc(Cl)cc1F)Nc1ccc2ccccc2c1. The summed E-state index contributed by atoms with van der Waals surface area (Å²) in [5.74, 6) is -0.738. The lowest BCUT2D eigenvalue weighted by Crippen LogP contribution is -2.15. The molecule has 0 unspecified atom stereocenters. The van der Waals surface area contributed by atoms with Crippen molar-refractivity contribution in [2.45, 2.75) is 6.42 Å². The highest BCUT2D eigenvalue weighted by molar-refractivity contribution is 6.30. The van der Waals surface area contributed by atoms with Gasteiger partial charge in [-0.05, 0) is 40.6 Å². The van der Waals surface area contributed by atoms with Crippen LogP contribution < -0.4 is 5.32 Å². The van der Waals surface area contributed by atoms with Gasteiger partial charge in [-0.2, -0.15) is 0 Å². The first-order chi connectivity index (χ1) is 10.6. The second kappa shape index (κ2) is 6.16. The van der Waals surface area contributed by atoms with E-state index in [1.807, 2.05) is 42.5 Å². The number of rotatable bonds is 3. The third kappa shape index (κ3) is 3.26. The standard InChI is InChI=1S/C18H13ClFNO/c19-15-7-5-14(17(20)11-15)10-18(22)21-16-8-6-12-3-1-2-4-13(12)9-16/h1-9,11H,10H2,(H,21,22). The maximum absolute atomic E-state index is 13.7. The first-order valence-corrected chi connectivity index (χ1v) is 7.22. The molecule has 0 spiro atoms. The van der Waals surface area contributed by atoms with Gasteiger partial charge in [-0.15, -0.1) is 0 Å². The highest BCUT2D eigenvalue weighted by atomic mass is 35.5. The summed E-state index contributed by atoms with van der Waals surface area (Å²) in [5.41, 5.74) is 1.01. The number of carbonyl (C=O) groups excluding carboxylic acids is 1. The predicted octanol–water partition coefficient (Wildman–Crippen LogP) is 4.81. The van der Waals surface area contributed by atoms with Crippen molar-refractivity contribution in [1.82, 2.24) is 0 Å². The maximum atomic E-state index is 13.7. The molecule has 3 aromatic rings. The van der Waals surface area contributed by atoms with Crippen LogP contribution in [0.3, 0.4) is 0 Å². The van der Waals surface area contributed by atoms with Gasteiger partial charge in [0, 0.05) is 10.7 Å². The number of hydrogen-bond acceptors (Lipinski definition) is 1. The van der Waals surface area contributed by atoms with Gasteiger partial charge in [-0.25, -0.2) is 4.39 Å². The van der Waals surface area contributed by atoms with Crippen molar-refractivity contribution in [2.75, 3.05) is 5.32 Å². The Labute approximate surface area is 132 Å². The number of halogens is 2. The van der Waals surface area contributed by atoms with E-state index in [0.29, 0.717) is 16.3 Å². The van der Waals surface area contributed by atoms with Crippen molar-refractivity contribution in [3.63, 3.8) is 0 Å². The molecule has 0 saturated carbocycles. The minimum Gasteiger partial charge on any atom is -0.326 e. The third-order valence-electron chi connectivity index (χ3n) is 3.40. The molecular formula is C18H13ClFNO. The molecule has 22 heavy (non-hydrogen) atoms. The Hall–Kier alpha value is -2.39. The van der Waals surface area contributed by atoms with E-state index in [-0.39, 0.29) is 12.3 Å². The largest absolute Gasteiger partial charge is 0.326 e. The Bertz CT molecular complexity index is 847. The molecule has 0 saturated heterocycles. The van der Waals surface area contributed by atoms with Crippen LogP contribution in [0, 0.1) is 5.82 Å². The summed E-state index contributed by atoms with van der Waals surface area (Å²) in [6, 6.07) is 17.9. The van der Waals surface area contributed by atoms with Crippen LogP contribution in [0.5, 0.6) is 0 Å². The monoisotopic (exact) mass is 313 g/mol. The van der Waals surface area contributed by atoms with Crippen LogP contribution in [0.1, 0.15) is 5.56 Å². The number of nitrogens with one attached hydrogen (secondary N) is 1. The van der Waals surface area contributed by atoms with Gasteiger partial charge in [0.2, 0.25) is 5.91 Å². The summed E-state index contributed by atoms with van der Waals surface area (Å²) in [4.78, 5) is 12.0. The minimum absolute atomic E-state index is 0.0319. The highest BCUT2D eigenvalue weighted by Gasteiger charge is 2.09. The smallest absolute Gasteiger partial charge is 0.228 e.